The van der Waals surface area contributed by atoms with Gasteiger partial charge in [-0.15, -0.1) is 0 Å². The SMILES string of the molecule is Cc1cccc(COc2ccccc2/C=C2/SC(=O)N(CC(=O)Nc3ccc(Br)cc3)C2=O)c1. The lowest BCUT2D eigenvalue weighted by atomic mass is 10.1. The summed E-state index contributed by atoms with van der Waals surface area (Å²) in [5, 5.41) is 2.21. The van der Waals surface area contributed by atoms with Crippen LogP contribution in [0.25, 0.3) is 6.08 Å². The summed E-state index contributed by atoms with van der Waals surface area (Å²) in [6, 6.07) is 22.4. The van der Waals surface area contributed by atoms with Crippen molar-refractivity contribution < 1.29 is 19.1 Å². The number of hydrogen-bond donors (Lipinski definition) is 1. The van der Waals surface area contributed by atoms with Crippen molar-refractivity contribution >= 4 is 56.5 Å². The molecule has 0 aromatic heterocycles. The van der Waals surface area contributed by atoms with E-state index < -0.39 is 17.1 Å². The summed E-state index contributed by atoms with van der Waals surface area (Å²) in [5.41, 5.74) is 3.44. The van der Waals surface area contributed by atoms with Crippen LogP contribution in [0.5, 0.6) is 5.75 Å². The number of anilines is 1. The van der Waals surface area contributed by atoms with Gasteiger partial charge in [0.25, 0.3) is 11.1 Å². The van der Waals surface area contributed by atoms with Gasteiger partial charge in [-0.2, -0.15) is 0 Å². The summed E-state index contributed by atoms with van der Waals surface area (Å²) < 4.78 is 6.86. The molecule has 0 atom stereocenters. The van der Waals surface area contributed by atoms with Gasteiger partial charge in [-0.05, 0) is 60.7 Å². The molecule has 0 radical (unpaired) electrons. The third-order valence-corrected chi connectivity index (χ3v) is 6.42. The Bertz CT molecular complexity index is 1270. The van der Waals surface area contributed by atoms with E-state index in [1.54, 1.807) is 30.3 Å². The summed E-state index contributed by atoms with van der Waals surface area (Å²) in [5.74, 6) is -0.356. The van der Waals surface area contributed by atoms with Gasteiger partial charge in [0.05, 0.1) is 4.91 Å². The molecule has 0 bridgehead atoms. The largest absolute Gasteiger partial charge is 0.488 e. The molecule has 1 aliphatic heterocycles. The number of ether oxygens (including phenoxy) is 1. The number of halogens is 1. The zero-order chi connectivity index (χ0) is 24.1. The predicted molar refractivity (Wildman–Crippen MR) is 137 cm³/mol. The first-order chi connectivity index (χ1) is 16.4. The highest BCUT2D eigenvalue weighted by molar-refractivity contribution is 9.10. The number of hydrogen-bond acceptors (Lipinski definition) is 5. The van der Waals surface area contributed by atoms with Gasteiger partial charge in [-0.3, -0.25) is 19.3 Å². The van der Waals surface area contributed by atoms with Crippen molar-refractivity contribution in [2.75, 3.05) is 11.9 Å². The van der Waals surface area contributed by atoms with Crippen LogP contribution in [-0.2, 0) is 16.2 Å². The Hall–Kier alpha value is -3.36. The maximum atomic E-state index is 12.9. The molecular formula is C26H21BrN2O4S. The number of benzene rings is 3. The highest BCUT2D eigenvalue weighted by atomic mass is 79.9. The van der Waals surface area contributed by atoms with Gasteiger partial charge in [0.1, 0.15) is 18.9 Å². The molecule has 1 fully saturated rings. The summed E-state index contributed by atoms with van der Waals surface area (Å²) >= 11 is 4.14. The van der Waals surface area contributed by atoms with Crippen LogP contribution in [0, 0.1) is 6.92 Å². The third kappa shape index (κ3) is 5.95. The molecule has 172 valence electrons. The minimum absolute atomic E-state index is 0.244. The molecule has 4 rings (SSSR count). The fraction of sp³-hybridized carbons (Fsp3) is 0.115. The monoisotopic (exact) mass is 536 g/mol. The zero-order valence-electron chi connectivity index (χ0n) is 18.3. The number of nitrogens with zero attached hydrogens (tertiary/aromatic N) is 1. The highest BCUT2D eigenvalue weighted by Crippen LogP contribution is 2.34. The molecule has 3 aromatic carbocycles. The Balaban J connectivity index is 1.44. The first kappa shape index (κ1) is 23.8. The molecule has 3 amide bonds. The summed E-state index contributed by atoms with van der Waals surface area (Å²) in [7, 11) is 0. The number of para-hydroxylation sites is 1. The number of amides is 3. The van der Waals surface area contributed by atoms with Crippen LogP contribution in [0.2, 0.25) is 0 Å². The summed E-state index contributed by atoms with van der Waals surface area (Å²) in [6.07, 6.45) is 1.63. The molecule has 1 N–H and O–H groups in total. The van der Waals surface area contributed by atoms with Crippen LogP contribution >= 0.6 is 27.7 Å². The van der Waals surface area contributed by atoms with E-state index in [9.17, 15) is 14.4 Å². The molecular weight excluding hydrogens is 516 g/mol. The number of carbonyl (C=O) groups excluding carboxylic acids is 3. The fourth-order valence-corrected chi connectivity index (χ4v) is 4.44. The van der Waals surface area contributed by atoms with E-state index in [4.69, 9.17) is 4.74 Å². The molecule has 6 nitrogen and oxygen atoms in total. The molecule has 1 saturated heterocycles. The normalized spacial score (nSPS) is 14.5. The second kappa shape index (κ2) is 10.7. The number of imide groups is 1. The van der Waals surface area contributed by atoms with Gasteiger partial charge in [0.2, 0.25) is 5.91 Å². The van der Waals surface area contributed by atoms with Crippen molar-refractivity contribution in [3.05, 3.63) is 98.9 Å². The van der Waals surface area contributed by atoms with E-state index in [1.165, 1.54) is 0 Å². The molecule has 1 heterocycles. The van der Waals surface area contributed by atoms with Crippen LogP contribution < -0.4 is 10.1 Å². The van der Waals surface area contributed by atoms with E-state index in [1.807, 2.05) is 55.5 Å². The zero-order valence-corrected chi connectivity index (χ0v) is 20.7. The second-order valence-electron chi connectivity index (χ2n) is 7.64. The first-order valence-electron chi connectivity index (χ1n) is 10.5. The molecule has 0 unspecified atom stereocenters. The van der Waals surface area contributed by atoms with E-state index >= 15 is 0 Å². The molecule has 0 saturated carbocycles. The van der Waals surface area contributed by atoms with Crippen LogP contribution in [0.15, 0.2) is 82.2 Å². The molecule has 0 spiro atoms. The number of carbonyl (C=O) groups is 3. The first-order valence-corrected chi connectivity index (χ1v) is 12.1. The van der Waals surface area contributed by atoms with Gasteiger partial charge in [-0.25, -0.2) is 0 Å². The van der Waals surface area contributed by atoms with Gasteiger partial charge in [-0.1, -0.05) is 64.0 Å². The van der Waals surface area contributed by atoms with Gasteiger partial charge in [0, 0.05) is 15.7 Å². The number of aryl methyl sites for hydroxylation is 1. The topological polar surface area (TPSA) is 75.7 Å². The average molecular weight is 537 g/mol. The van der Waals surface area contributed by atoms with E-state index in [0.29, 0.717) is 23.6 Å². The lowest BCUT2D eigenvalue weighted by molar-refractivity contribution is -0.127. The van der Waals surface area contributed by atoms with Crippen molar-refractivity contribution in [1.82, 2.24) is 4.90 Å². The number of thioether (sulfide) groups is 1. The second-order valence-corrected chi connectivity index (χ2v) is 9.55. The minimum Gasteiger partial charge on any atom is -0.488 e. The van der Waals surface area contributed by atoms with E-state index in [-0.39, 0.29) is 11.4 Å². The summed E-state index contributed by atoms with van der Waals surface area (Å²) in [4.78, 5) is 38.9. The quantitative estimate of drug-likeness (QED) is 0.374. The van der Waals surface area contributed by atoms with Crippen molar-refractivity contribution in [3.63, 3.8) is 0 Å². The lowest BCUT2D eigenvalue weighted by Crippen LogP contribution is -2.36. The van der Waals surface area contributed by atoms with Gasteiger partial charge in [0.15, 0.2) is 0 Å². The van der Waals surface area contributed by atoms with Crippen LogP contribution in [0.3, 0.4) is 0 Å². The summed E-state index contributed by atoms with van der Waals surface area (Å²) in [6.45, 7) is 2.04. The Morgan fingerprint density at radius 2 is 1.82 bits per heavy atom. The number of rotatable bonds is 7. The maximum Gasteiger partial charge on any atom is 0.294 e. The number of nitrogens with one attached hydrogen (secondary N) is 1. The lowest BCUT2D eigenvalue weighted by Gasteiger charge is -2.12. The standard InChI is InChI=1S/C26H21BrN2O4S/c1-17-5-4-6-18(13-17)16-33-22-8-3-2-7-19(22)14-23-25(31)29(26(32)34-23)15-24(30)28-21-11-9-20(27)10-12-21/h2-14H,15-16H2,1H3,(H,28,30)/b23-14+. The van der Waals surface area contributed by atoms with Crippen molar-refractivity contribution in [3.8, 4) is 5.75 Å². The molecule has 34 heavy (non-hydrogen) atoms. The molecule has 0 aliphatic carbocycles. The minimum atomic E-state index is -0.505. The Labute approximate surface area is 210 Å². The predicted octanol–water partition coefficient (Wildman–Crippen LogP) is 6.01. The smallest absolute Gasteiger partial charge is 0.294 e. The molecule has 1 aliphatic rings. The van der Waals surface area contributed by atoms with Crippen molar-refractivity contribution in [2.24, 2.45) is 0 Å². The third-order valence-electron chi connectivity index (χ3n) is 4.99. The average Bonchev–Trinajstić information content (AvgIpc) is 3.07. The Morgan fingerprint density at radius 1 is 1.06 bits per heavy atom. The fourth-order valence-electron chi connectivity index (χ4n) is 3.35. The van der Waals surface area contributed by atoms with Crippen LogP contribution in [-0.4, -0.2) is 28.5 Å². The Kier molecular flexibility index (Phi) is 7.49. The highest BCUT2D eigenvalue weighted by Gasteiger charge is 2.36. The van der Waals surface area contributed by atoms with Crippen LogP contribution in [0.1, 0.15) is 16.7 Å². The van der Waals surface area contributed by atoms with E-state index in [2.05, 4.69) is 21.2 Å². The van der Waals surface area contributed by atoms with Gasteiger partial charge >= 0.3 is 0 Å². The van der Waals surface area contributed by atoms with Gasteiger partial charge < -0.3 is 10.1 Å². The maximum absolute atomic E-state index is 12.9. The van der Waals surface area contributed by atoms with Crippen molar-refractivity contribution in [1.29, 1.82) is 0 Å². The van der Waals surface area contributed by atoms with E-state index in [0.717, 1.165) is 32.3 Å². The molecule has 8 heteroatoms. The van der Waals surface area contributed by atoms with Crippen molar-refractivity contribution in [2.45, 2.75) is 13.5 Å². The Morgan fingerprint density at radius 3 is 2.59 bits per heavy atom. The van der Waals surface area contributed by atoms with Crippen LogP contribution in [0.4, 0.5) is 10.5 Å². The molecule has 3 aromatic rings.